The van der Waals surface area contributed by atoms with Crippen molar-refractivity contribution in [2.75, 3.05) is 18.6 Å². The number of carbonyl (C=O) groups is 7. The van der Waals surface area contributed by atoms with Crippen molar-refractivity contribution in [1.29, 1.82) is 0 Å². The third-order valence-electron chi connectivity index (χ3n) is 8.68. The molecular formula is C38H52N8O8S. The van der Waals surface area contributed by atoms with E-state index in [0.717, 1.165) is 10.9 Å². The van der Waals surface area contributed by atoms with E-state index in [-0.39, 0.29) is 38.0 Å². The fourth-order valence-corrected chi connectivity index (χ4v) is 6.32. The Labute approximate surface area is 324 Å². The van der Waals surface area contributed by atoms with Gasteiger partial charge in [0.2, 0.25) is 35.4 Å². The first-order valence-electron chi connectivity index (χ1n) is 18.0. The monoisotopic (exact) mass is 780 g/mol. The number of nitrogens with two attached hydrogens (primary N) is 2. The number of nitrogens with one attached hydrogen (secondary N) is 6. The molecule has 0 saturated heterocycles. The molecule has 3 rings (SSSR count). The van der Waals surface area contributed by atoms with Gasteiger partial charge >= 0.3 is 5.97 Å². The number of H-pyrrole nitrogens is 1. The molecule has 0 saturated carbocycles. The summed E-state index contributed by atoms with van der Waals surface area (Å²) in [7, 11) is 0. The molecule has 1 aromatic heterocycles. The number of amides is 6. The second-order valence-electron chi connectivity index (χ2n) is 13.6. The summed E-state index contributed by atoms with van der Waals surface area (Å²) in [6.07, 6.45) is 3.56. The molecule has 0 aliphatic rings. The molecule has 298 valence electrons. The highest BCUT2D eigenvalue weighted by atomic mass is 32.2. The summed E-state index contributed by atoms with van der Waals surface area (Å²) < 4.78 is 0. The van der Waals surface area contributed by atoms with Crippen LogP contribution in [0.25, 0.3) is 10.9 Å². The first kappa shape index (κ1) is 44.0. The number of aliphatic carboxylic acids is 1. The van der Waals surface area contributed by atoms with Gasteiger partial charge in [0.1, 0.15) is 30.7 Å². The van der Waals surface area contributed by atoms with Crippen molar-refractivity contribution in [2.24, 2.45) is 17.4 Å². The van der Waals surface area contributed by atoms with Gasteiger partial charge in [-0.1, -0.05) is 62.4 Å². The van der Waals surface area contributed by atoms with Crippen LogP contribution in [0.1, 0.15) is 50.7 Å². The zero-order valence-electron chi connectivity index (χ0n) is 31.3. The van der Waals surface area contributed by atoms with Gasteiger partial charge in [-0.2, -0.15) is 11.8 Å². The highest BCUT2D eigenvalue weighted by Crippen LogP contribution is 2.20. The van der Waals surface area contributed by atoms with Crippen LogP contribution in [0.2, 0.25) is 0 Å². The number of carboxylic acid groups (broad SMARTS) is 1. The molecule has 5 unspecified atom stereocenters. The van der Waals surface area contributed by atoms with Gasteiger partial charge in [0.05, 0.1) is 6.04 Å². The highest BCUT2D eigenvalue weighted by Gasteiger charge is 2.33. The molecule has 55 heavy (non-hydrogen) atoms. The number of rotatable bonds is 23. The van der Waals surface area contributed by atoms with Gasteiger partial charge in [-0.3, -0.25) is 33.6 Å². The molecule has 5 atom stereocenters. The van der Waals surface area contributed by atoms with Crippen LogP contribution in [0.3, 0.4) is 0 Å². The predicted molar refractivity (Wildman–Crippen MR) is 209 cm³/mol. The third-order valence-corrected chi connectivity index (χ3v) is 9.32. The van der Waals surface area contributed by atoms with Crippen LogP contribution in [0.4, 0.5) is 0 Å². The summed E-state index contributed by atoms with van der Waals surface area (Å²) in [4.78, 5) is 94.2. The van der Waals surface area contributed by atoms with Crippen molar-refractivity contribution in [3.63, 3.8) is 0 Å². The Morgan fingerprint density at radius 1 is 0.745 bits per heavy atom. The van der Waals surface area contributed by atoms with E-state index in [1.54, 1.807) is 36.5 Å². The molecule has 11 N–H and O–H groups in total. The van der Waals surface area contributed by atoms with Crippen LogP contribution in [0.15, 0.2) is 60.8 Å². The third kappa shape index (κ3) is 14.7. The molecule has 1 heterocycles. The Bertz CT molecular complexity index is 1790. The topological polar surface area (TPSA) is 268 Å². The lowest BCUT2D eigenvalue weighted by Gasteiger charge is -2.27. The number of carboxylic acids is 1. The van der Waals surface area contributed by atoms with Crippen molar-refractivity contribution >= 4 is 64.1 Å². The molecule has 16 nitrogen and oxygen atoms in total. The Morgan fingerprint density at radius 2 is 1.31 bits per heavy atom. The minimum atomic E-state index is -1.37. The Morgan fingerprint density at radius 3 is 1.93 bits per heavy atom. The van der Waals surface area contributed by atoms with Crippen LogP contribution in [-0.2, 0) is 46.4 Å². The quantitative estimate of drug-likeness (QED) is 0.0643. The number of primary amides is 1. The summed E-state index contributed by atoms with van der Waals surface area (Å²) in [6, 6.07) is 10.2. The maximum Gasteiger partial charge on any atom is 0.322 e. The number of benzene rings is 2. The number of carbonyl (C=O) groups excluding carboxylic acids is 6. The molecule has 0 aliphatic carbocycles. The second kappa shape index (κ2) is 22.1. The normalized spacial score (nSPS) is 13.8. The number of para-hydroxylation sites is 1. The summed E-state index contributed by atoms with van der Waals surface area (Å²) in [5.41, 5.74) is 13.6. The number of aromatic amines is 1. The number of hydrogen-bond donors (Lipinski definition) is 9. The van der Waals surface area contributed by atoms with Gasteiger partial charge in [0, 0.05) is 36.4 Å². The lowest BCUT2D eigenvalue weighted by Crippen LogP contribution is -2.59. The van der Waals surface area contributed by atoms with Gasteiger partial charge in [-0.25, -0.2) is 0 Å². The van der Waals surface area contributed by atoms with Gasteiger partial charge in [0.25, 0.3) is 0 Å². The number of fused-ring (bicyclic) bond motifs is 1. The van der Waals surface area contributed by atoms with Crippen molar-refractivity contribution in [1.82, 2.24) is 31.6 Å². The van der Waals surface area contributed by atoms with E-state index in [0.29, 0.717) is 23.3 Å². The average Bonchev–Trinajstić information content (AvgIpc) is 3.55. The fraction of sp³-hybridized carbons (Fsp3) is 0.447. The van der Waals surface area contributed by atoms with E-state index >= 15 is 0 Å². The molecule has 0 spiro atoms. The zero-order valence-corrected chi connectivity index (χ0v) is 32.1. The van der Waals surface area contributed by atoms with E-state index < -0.39 is 78.2 Å². The molecular weight excluding hydrogens is 729 g/mol. The predicted octanol–water partition coefficient (Wildman–Crippen LogP) is 0.485. The molecule has 0 aliphatic heterocycles. The summed E-state index contributed by atoms with van der Waals surface area (Å²) >= 11 is 1.45. The van der Waals surface area contributed by atoms with Crippen LogP contribution < -0.4 is 38.1 Å². The van der Waals surface area contributed by atoms with Crippen molar-refractivity contribution in [3.8, 4) is 0 Å². The lowest BCUT2D eigenvalue weighted by molar-refractivity contribution is -0.138. The van der Waals surface area contributed by atoms with E-state index in [2.05, 4.69) is 31.6 Å². The smallest absolute Gasteiger partial charge is 0.322 e. The van der Waals surface area contributed by atoms with Gasteiger partial charge < -0.3 is 48.1 Å². The van der Waals surface area contributed by atoms with Crippen LogP contribution in [-0.4, -0.2) is 100 Å². The van der Waals surface area contributed by atoms with E-state index in [1.165, 1.54) is 11.8 Å². The van der Waals surface area contributed by atoms with Gasteiger partial charge in [-0.05, 0) is 54.4 Å². The SMILES string of the molecule is CSCCC(NC(=O)C(N)CC(C)C)C(=O)NC(CCC(N)=O)C(=O)NC(Cc1c[nH]c2ccccc12)C(=O)NC(Cc1ccccc1)C(=O)NCC(=O)O. The molecule has 2 aromatic carbocycles. The first-order valence-corrected chi connectivity index (χ1v) is 19.4. The molecule has 6 amide bonds. The minimum Gasteiger partial charge on any atom is -0.480 e. The van der Waals surface area contributed by atoms with E-state index in [4.69, 9.17) is 16.6 Å². The number of hydrogen-bond acceptors (Lipinski definition) is 9. The van der Waals surface area contributed by atoms with Crippen molar-refractivity contribution in [2.45, 2.75) is 82.6 Å². The van der Waals surface area contributed by atoms with Gasteiger partial charge in [-0.15, -0.1) is 0 Å². The molecule has 0 radical (unpaired) electrons. The number of aromatic nitrogens is 1. The first-order chi connectivity index (χ1) is 26.2. The second-order valence-corrected chi connectivity index (χ2v) is 14.6. The number of thioether (sulfide) groups is 1. The summed E-state index contributed by atoms with van der Waals surface area (Å²) in [5.74, 6) is -4.96. The van der Waals surface area contributed by atoms with Crippen LogP contribution in [0, 0.1) is 5.92 Å². The standard InChI is InChI=1S/C38H52N8O8S/c1-22(2)17-26(39)34(50)43-29(15-16-55-3)37(53)44-28(13-14-32(40)47)36(52)46-31(19-24-20-41-27-12-8-7-11-25(24)27)38(54)45-30(35(51)42-21-33(48)49)18-23-9-5-4-6-10-23/h4-12,20,22,26,28-31,41H,13-19,21,39H2,1-3H3,(H2,40,47)(H,42,51)(H,43,50)(H,44,53)(H,45,54)(H,46,52)(H,48,49). The molecule has 0 bridgehead atoms. The Kier molecular flexibility index (Phi) is 17.7. The van der Waals surface area contributed by atoms with E-state index in [1.807, 2.05) is 44.4 Å². The minimum absolute atomic E-state index is 0.00700. The fourth-order valence-electron chi connectivity index (χ4n) is 5.85. The molecule has 3 aromatic rings. The Balaban J connectivity index is 1.93. The zero-order chi connectivity index (χ0) is 40.5. The maximum atomic E-state index is 14.1. The maximum absolute atomic E-state index is 14.1. The molecule has 0 fully saturated rings. The van der Waals surface area contributed by atoms with E-state index in [9.17, 15) is 33.6 Å². The van der Waals surface area contributed by atoms with Crippen LogP contribution >= 0.6 is 11.8 Å². The Hall–Kier alpha value is -5.42. The molecule has 17 heteroatoms. The highest BCUT2D eigenvalue weighted by molar-refractivity contribution is 7.98. The largest absolute Gasteiger partial charge is 0.480 e. The average molecular weight is 781 g/mol. The lowest BCUT2D eigenvalue weighted by atomic mass is 10.0. The van der Waals surface area contributed by atoms with Gasteiger partial charge in [0.15, 0.2) is 0 Å². The van der Waals surface area contributed by atoms with Crippen molar-refractivity contribution < 1.29 is 38.7 Å². The summed E-state index contributed by atoms with van der Waals surface area (Å²) in [6.45, 7) is 3.15. The van der Waals surface area contributed by atoms with Crippen LogP contribution in [0.5, 0.6) is 0 Å². The summed E-state index contributed by atoms with van der Waals surface area (Å²) in [5, 5.41) is 22.9. The van der Waals surface area contributed by atoms with Crippen molar-refractivity contribution in [3.05, 3.63) is 71.9 Å².